The fraction of sp³-hybridized carbons (Fsp3) is 0.364. The Morgan fingerprint density at radius 2 is 2.07 bits per heavy atom. The Morgan fingerprint density at radius 1 is 1.43 bits per heavy atom. The molecule has 1 amide bonds. The fourth-order valence-corrected chi connectivity index (χ4v) is 1.39. The average molecular weight is 192 g/mol. The van der Waals surface area contributed by atoms with Gasteiger partial charge in [0.05, 0.1) is 0 Å². The van der Waals surface area contributed by atoms with Crippen LogP contribution in [-0.4, -0.2) is 12.1 Å². The summed E-state index contributed by atoms with van der Waals surface area (Å²) in [5, 5.41) is 10.9. The van der Waals surface area contributed by atoms with Crippen molar-refractivity contribution in [3.63, 3.8) is 0 Å². The summed E-state index contributed by atoms with van der Waals surface area (Å²) >= 11 is 0. The van der Waals surface area contributed by atoms with Crippen molar-refractivity contribution in [3.8, 4) is 0 Å². The highest BCUT2D eigenvalue weighted by Crippen LogP contribution is 2.17. The number of aryl methyl sites for hydroxylation is 1. The van der Waals surface area contributed by atoms with Crippen LogP contribution in [0.3, 0.4) is 0 Å². The fourth-order valence-electron chi connectivity index (χ4n) is 1.39. The number of carbonyl (C=O) groups excluding carboxylic acids is 1. The van der Waals surface area contributed by atoms with E-state index >= 15 is 0 Å². The zero-order valence-electron chi connectivity index (χ0n) is 8.65. The van der Waals surface area contributed by atoms with Crippen LogP contribution in [0.15, 0.2) is 24.3 Å². The van der Waals surface area contributed by atoms with Gasteiger partial charge in [0.25, 0.3) is 0 Å². The van der Waals surface area contributed by atoms with Crippen LogP contribution in [0.1, 0.15) is 19.4 Å². The summed E-state index contributed by atoms with van der Waals surface area (Å²) in [7, 11) is 0. The van der Waals surface area contributed by atoms with E-state index in [1.165, 1.54) is 4.90 Å². The van der Waals surface area contributed by atoms with E-state index < -0.39 is 6.09 Å². The van der Waals surface area contributed by atoms with Gasteiger partial charge in [-0.15, -0.1) is 0 Å². The first-order chi connectivity index (χ1) is 6.52. The van der Waals surface area contributed by atoms with E-state index in [-0.39, 0.29) is 6.04 Å². The number of anilines is 1. The molecule has 0 saturated carbocycles. The molecule has 1 aromatic carbocycles. The second-order valence-corrected chi connectivity index (χ2v) is 3.57. The molecule has 0 saturated heterocycles. The zero-order chi connectivity index (χ0) is 10.7. The zero-order valence-corrected chi connectivity index (χ0v) is 8.65. The van der Waals surface area contributed by atoms with E-state index in [0.717, 1.165) is 5.56 Å². The van der Waals surface area contributed by atoms with Crippen LogP contribution in [0.4, 0.5) is 10.5 Å². The molecule has 0 unspecified atom stereocenters. The molecular formula is C11H14NO2-. The number of amides is 1. The standard InChI is InChI=1S/C11H15NO2/c1-8(2)12(11(13)14)10-6-4-5-9(3)7-10/h4-8H,1-3H3,(H,13,14)/p-1. The first-order valence-corrected chi connectivity index (χ1v) is 4.59. The number of hydrogen-bond donors (Lipinski definition) is 0. The van der Waals surface area contributed by atoms with Crippen molar-refractivity contribution >= 4 is 11.8 Å². The second-order valence-electron chi connectivity index (χ2n) is 3.57. The Kier molecular flexibility index (Phi) is 3.12. The molecule has 3 heteroatoms. The summed E-state index contributed by atoms with van der Waals surface area (Å²) in [6.45, 7) is 5.56. The second kappa shape index (κ2) is 4.13. The van der Waals surface area contributed by atoms with Crippen LogP contribution < -0.4 is 10.0 Å². The van der Waals surface area contributed by atoms with Gasteiger partial charge in [0.1, 0.15) is 6.09 Å². The molecule has 1 rings (SSSR count). The molecule has 76 valence electrons. The van der Waals surface area contributed by atoms with Gasteiger partial charge in [-0.25, -0.2) is 0 Å². The lowest BCUT2D eigenvalue weighted by Crippen LogP contribution is -2.45. The minimum atomic E-state index is -1.16. The summed E-state index contributed by atoms with van der Waals surface area (Å²) in [5.74, 6) is 0. The van der Waals surface area contributed by atoms with Crippen LogP contribution >= 0.6 is 0 Å². The molecule has 0 N–H and O–H groups in total. The molecule has 0 radical (unpaired) electrons. The molecule has 0 heterocycles. The maximum Gasteiger partial charge on any atom is 0.141 e. The molecule has 14 heavy (non-hydrogen) atoms. The quantitative estimate of drug-likeness (QED) is 0.713. The molecule has 0 aliphatic heterocycles. The van der Waals surface area contributed by atoms with E-state index in [1.807, 2.05) is 39.0 Å². The highest BCUT2D eigenvalue weighted by molar-refractivity contribution is 5.85. The van der Waals surface area contributed by atoms with E-state index in [4.69, 9.17) is 0 Å². The van der Waals surface area contributed by atoms with Crippen molar-refractivity contribution in [2.24, 2.45) is 0 Å². The number of hydrogen-bond acceptors (Lipinski definition) is 2. The molecule has 0 aromatic heterocycles. The molecular weight excluding hydrogens is 178 g/mol. The minimum Gasteiger partial charge on any atom is -0.530 e. The number of carboxylic acid groups (broad SMARTS) is 1. The van der Waals surface area contributed by atoms with Crippen LogP contribution in [-0.2, 0) is 0 Å². The van der Waals surface area contributed by atoms with Crippen LogP contribution in [0.2, 0.25) is 0 Å². The predicted octanol–water partition coefficient (Wildman–Crippen LogP) is 1.55. The maximum atomic E-state index is 10.9. The molecule has 0 spiro atoms. The van der Waals surface area contributed by atoms with Crippen molar-refractivity contribution in [2.75, 3.05) is 4.90 Å². The largest absolute Gasteiger partial charge is 0.530 e. The lowest BCUT2D eigenvalue weighted by molar-refractivity contribution is -0.247. The Balaban J connectivity index is 3.05. The predicted molar refractivity (Wildman–Crippen MR) is 54.2 cm³/mol. The van der Waals surface area contributed by atoms with E-state index in [0.29, 0.717) is 5.69 Å². The van der Waals surface area contributed by atoms with Gasteiger partial charge in [-0.05, 0) is 38.5 Å². The van der Waals surface area contributed by atoms with Gasteiger partial charge in [-0.3, -0.25) is 0 Å². The maximum absolute atomic E-state index is 10.9. The molecule has 0 aliphatic carbocycles. The number of rotatable bonds is 2. The van der Waals surface area contributed by atoms with Crippen molar-refractivity contribution in [3.05, 3.63) is 29.8 Å². The minimum absolute atomic E-state index is 0.109. The van der Waals surface area contributed by atoms with Gasteiger partial charge in [0, 0.05) is 11.7 Å². The van der Waals surface area contributed by atoms with Crippen LogP contribution in [0.5, 0.6) is 0 Å². The van der Waals surface area contributed by atoms with Crippen molar-refractivity contribution in [1.82, 2.24) is 0 Å². The Morgan fingerprint density at radius 3 is 2.50 bits per heavy atom. The third-order valence-corrected chi connectivity index (χ3v) is 1.99. The van der Waals surface area contributed by atoms with E-state index in [9.17, 15) is 9.90 Å². The third-order valence-electron chi connectivity index (χ3n) is 1.99. The molecule has 0 bridgehead atoms. The smallest absolute Gasteiger partial charge is 0.141 e. The molecule has 0 aliphatic rings. The van der Waals surface area contributed by atoms with Gasteiger partial charge in [-0.2, -0.15) is 0 Å². The summed E-state index contributed by atoms with van der Waals surface area (Å²) in [6.07, 6.45) is -1.16. The highest BCUT2D eigenvalue weighted by Gasteiger charge is 2.10. The highest BCUT2D eigenvalue weighted by atomic mass is 16.4. The first-order valence-electron chi connectivity index (χ1n) is 4.59. The summed E-state index contributed by atoms with van der Waals surface area (Å²) in [5.41, 5.74) is 1.70. The van der Waals surface area contributed by atoms with Gasteiger partial charge in [-0.1, -0.05) is 12.1 Å². The lowest BCUT2D eigenvalue weighted by Gasteiger charge is -2.29. The molecule has 3 nitrogen and oxygen atoms in total. The Hall–Kier alpha value is -1.51. The van der Waals surface area contributed by atoms with Gasteiger partial charge < -0.3 is 14.8 Å². The number of benzene rings is 1. The normalized spacial score (nSPS) is 10.3. The first kappa shape index (κ1) is 10.6. The number of nitrogens with zero attached hydrogens (tertiary/aromatic N) is 1. The van der Waals surface area contributed by atoms with Crippen molar-refractivity contribution in [1.29, 1.82) is 0 Å². The van der Waals surface area contributed by atoms with Gasteiger partial charge in [0.2, 0.25) is 0 Å². The topological polar surface area (TPSA) is 43.4 Å². The molecule has 0 fully saturated rings. The van der Waals surface area contributed by atoms with Gasteiger partial charge in [0.15, 0.2) is 0 Å². The van der Waals surface area contributed by atoms with E-state index in [1.54, 1.807) is 6.07 Å². The molecule has 1 aromatic rings. The van der Waals surface area contributed by atoms with Gasteiger partial charge >= 0.3 is 0 Å². The van der Waals surface area contributed by atoms with Crippen molar-refractivity contribution < 1.29 is 9.90 Å². The average Bonchev–Trinajstić information content (AvgIpc) is 2.02. The van der Waals surface area contributed by atoms with Crippen molar-refractivity contribution in [2.45, 2.75) is 26.8 Å². The monoisotopic (exact) mass is 192 g/mol. The molecule has 0 atom stereocenters. The van der Waals surface area contributed by atoms with Crippen LogP contribution in [0.25, 0.3) is 0 Å². The summed E-state index contributed by atoms with van der Waals surface area (Å²) in [4.78, 5) is 12.1. The summed E-state index contributed by atoms with van der Waals surface area (Å²) in [6, 6.07) is 7.25. The Labute approximate surface area is 84.0 Å². The SMILES string of the molecule is Cc1cccc(N(C(=O)[O-])C(C)C)c1. The summed E-state index contributed by atoms with van der Waals surface area (Å²) < 4.78 is 0. The lowest BCUT2D eigenvalue weighted by atomic mass is 10.2. The Bertz CT molecular complexity index is 334. The number of carbonyl (C=O) groups is 1. The van der Waals surface area contributed by atoms with Crippen LogP contribution in [0, 0.1) is 6.92 Å². The van der Waals surface area contributed by atoms with E-state index in [2.05, 4.69) is 0 Å². The third kappa shape index (κ3) is 2.25.